The number of para-hydroxylation sites is 4. The molecule has 0 saturated carbocycles. The van der Waals surface area contributed by atoms with E-state index in [2.05, 4.69) is 15.5 Å². The van der Waals surface area contributed by atoms with Crippen molar-refractivity contribution in [3.8, 4) is 23.0 Å². The highest BCUT2D eigenvalue weighted by Gasteiger charge is 2.20. The molecule has 5 aromatic rings. The Hall–Kier alpha value is -4.04. The van der Waals surface area contributed by atoms with Gasteiger partial charge in [-0.1, -0.05) is 60.3 Å². The first kappa shape index (κ1) is 19.9. The summed E-state index contributed by atoms with van der Waals surface area (Å²) in [5.41, 5.74) is 1.99. The minimum atomic E-state index is -0.260. The van der Waals surface area contributed by atoms with Crippen LogP contribution < -0.4 is 5.32 Å². The first-order valence-corrected chi connectivity index (χ1v) is 10.9. The van der Waals surface area contributed by atoms with Gasteiger partial charge < -0.3 is 14.8 Å². The third kappa shape index (κ3) is 3.95. The Balaban J connectivity index is 1.45. The van der Waals surface area contributed by atoms with Crippen molar-refractivity contribution >= 4 is 34.3 Å². The highest BCUT2D eigenvalue weighted by atomic mass is 32.2. The summed E-state index contributed by atoms with van der Waals surface area (Å²) in [6.45, 7) is 0. The van der Waals surface area contributed by atoms with E-state index in [0.29, 0.717) is 22.4 Å². The van der Waals surface area contributed by atoms with Crippen LogP contribution in [0.2, 0.25) is 0 Å². The second kappa shape index (κ2) is 8.60. The average Bonchev–Trinajstić information content (AvgIpc) is 3.44. The largest absolute Gasteiger partial charge is 0.506 e. The molecule has 8 heteroatoms. The molecule has 2 N–H and O–H groups in total. The number of phenols is 1. The van der Waals surface area contributed by atoms with Gasteiger partial charge in [-0.2, -0.15) is 0 Å². The van der Waals surface area contributed by atoms with E-state index in [4.69, 9.17) is 4.42 Å². The molecule has 1 amide bonds. The Morgan fingerprint density at radius 2 is 1.72 bits per heavy atom. The lowest BCUT2D eigenvalue weighted by atomic mass is 10.2. The van der Waals surface area contributed by atoms with Gasteiger partial charge in [0.2, 0.25) is 11.7 Å². The molecule has 0 atom stereocenters. The van der Waals surface area contributed by atoms with Gasteiger partial charge in [-0.05, 0) is 36.4 Å². The number of rotatable bonds is 6. The number of thioether (sulfide) groups is 1. The number of furan rings is 1. The maximum atomic E-state index is 12.5. The summed E-state index contributed by atoms with van der Waals surface area (Å²) < 4.78 is 7.88. The summed E-state index contributed by atoms with van der Waals surface area (Å²) in [7, 11) is 0. The number of benzene rings is 3. The Bertz CT molecular complexity index is 1360. The maximum Gasteiger partial charge on any atom is 0.234 e. The second-order valence-electron chi connectivity index (χ2n) is 6.98. The van der Waals surface area contributed by atoms with Crippen LogP contribution in [0.25, 0.3) is 28.2 Å². The van der Waals surface area contributed by atoms with E-state index in [1.807, 2.05) is 65.2 Å². The molecule has 0 aliphatic heterocycles. The first-order chi connectivity index (χ1) is 15.7. The van der Waals surface area contributed by atoms with Crippen molar-refractivity contribution in [2.45, 2.75) is 5.16 Å². The van der Waals surface area contributed by atoms with E-state index in [9.17, 15) is 9.90 Å². The van der Waals surface area contributed by atoms with Crippen molar-refractivity contribution in [1.82, 2.24) is 14.8 Å². The SMILES string of the molecule is O=C(CSc1nnc(-c2cc3ccccc3o2)n1-c1ccccc1)Nc1ccccc1O. The fourth-order valence-electron chi connectivity index (χ4n) is 3.32. The molecule has 7 nitrogen and oxygen atoms in total. The van der Waals surface area contributed by atoms with E-state index < -0.39 is 0 Å². The van der Waals surface area contributed by atoms with Crippen LogP contribution in [0.4, 0.5) is 5.69 Å². The number of hydrogen-bond donors (Lipinski definition) is 2. The molecule has 2 heterocycles. The van der Waals surface area contributed by atoms with Crippen LogP contribution >= 0.6 is 11.8 Å². The van der Waals surface area contributed by atoms with Gasteiger partial charge in [0.25, 0.3) is 0 Å². The molecule has 0 radical (unpaired) electrons. The number of fused-ring (bicyclic) bond motifs is 1. The number of nitrogens with one attached hydrogen (secondary N) is 1. The fraction of sp³-hybridized carbons (Fsp3) is 0.0417. The summed E-state index contributed by atoms with van der Waals surface area (Å²) in [6.07, 6.45) is 0. The van der Waals surface area contributed by atoms with Gasteiger partial charge in [0.05, 0.1) is 11.4 Å². The number of amides is 1. The number of nitrogens with zero attached hydrogens (tertiary/aromatic N) is 3. The second-order valence-corrected chi connectivity index (χ2v) is 7.92. The number of hydrogen-bond acceptors (Lipinski definition) is 6. The van der Waals surface area contributed by atoms with Gasteiger partial charge in [0, 0.05) is 11.1 Å². The van der Waals surface area contributed by atoms with Crippen LogP contribution in [0, 0.1) is 0 Å². The van der Waals surface area contributed by atoms with Gasteiger partial charge in [0.1, 0.15) is 11.3 Å². The Morgan fingerprint density at radius 3 is 2.53 bits per heavy atom. The molecule has 0 saturated heterocycles. The highest BCUT2D eigenvalue weighted by Crippen LogP contribution is 2.32. The number of aromatic nitrogens is 3. The molecule has 3 aromatic carbocycles. The fourth-order valence-corrected chi connectivity index (χ4v) is 4.07. The van der Waals surface area contributed by atoms with E-state index >= 15 is 0 Å². The lowest BCUT2D eigenvalue weighted by molar-refractivity contribution is -0.113. The molecule has 0 aliphatic rings. The van der Waals surface area contributed by atoms with Crippen molar-refractivity contribution in [2.24, 2.45) is 0 Å². The molecule has 0 bridgehead atoms. The normalized spacial score (nSPS) is 11.0. The third-order valence-corrected chi connectivity index (χ3v) is 5.73. The van der Waals surface area contributed by atoms with Crippen LogP contribution in [-0.2, 0) is 4.79 Å². The predicted octanol–water partition coefficient (Wildman–Crippen LogP) is 5.12. The van der Waals surface area contributed by atoms with Crippen molar-refractivity contribution in [1.29, 1.82) is 0 Å². The monoisotopic (exact) mass is 442 g/mol. The van der Waals surface area contributed by atoms with E-state index in [0.717, 1.165) is 16.7 Å². The maximum absolute atomic E-state index is 12.5. The molecule has 0 spiro atoms. The van der Waals surface area contributed by atoms with E-state index in [-0.39, 0.29) is 17.4 Å². The number of anilines is 1. The molecule has 0 aliphatic carbocycles. The van der Waals surface area contributed by atoms with Crippen LogP contribution in [0.15, 0.2) is 94.5 Å². The molecule has 5 rings (SSSR count). The summed E-state index contributed by atoms with van der Waals surface area (Å²) in [5.74, 6) is 0.998. The van der Waals surface area contributed by atoms with Crippen LogP contribution in [0.5, 0.6) is 5.75 Å². The third-order valence-electron chi connectivity index (χ3n) is 4.80. The van der Waals surface area contributed by atoms with Gasteiger partial charge >= 0.3 is 0 Å². The number of carbonyl (C=O) groups excluding carboxylic acids is 1. The van der Waals surface area contributed by atoms with Crippen molar-refractivity contribution in [2.75, 3.05) is 11.1 Å². The standard InChI is InChI=1S/C24H18N4O3S/c29-19-12-6-5-11-18(19)25-22(30)15-32-24-27-26-23(28(24)17-9-2-1-3-10-17)21-14-16-8-4-7-13-20(16)31-21/h1-14,29H,15H2,(H,25,30). The van der Waals surface area contributed by atoms with Crippen molar-refractivity contribution < 1.29 is 14.3 Å². The van der Waals surface area contributed by atoms with Crippen LogP contribution in [0.3, 0.4) is 0 Å². The summed E-state index contributed by atoms with van der Waals surface area (Å²) in [5, 5.41) is 22.8. The topological polar surface area (TPSA) is 93.2 Å². The molecular weight excluding hydrogens is 424 g/mol. The minimum absolute atomic E-state index is 0.0190. The number of aromatic hydroxyl groups is 1. The van der Waals surface area contributed by atoms with Crippen molar-refractivity contribution in [3.05, 3.63) is 84.9 Å². The van der Waals surface area contributed by atoms with Crippen LogP contribution in [0.1, 0.15) is 0 Å². The Morgan fingerprint density at radius 1 is 0.969 bits per heavy atom. The summed E-state index contributed by atoms with van der Waals surface area (Å²) >= 11 is 1.25. The number of phenolic OH excluding ortho intramolecular Hbond substituents is 1. The van der Waals surface area contributed by atoms with Gasteiger partial charge in [-0.25, -0.2) is 0 Å². The predicted molar refractivity (Wildman–Crippen MR) is 124 cm³/mol. The lowest BCUT2D eigenvalue weighted by Crippen LogP contribution is -2.14. The zero-order chi connectivity index (χ0) is 21.9. The van der Waals surface area contributed by atoms with E-state index in [1.165, 1.54) is 17.8 Å². The molecular formula is C24H18N4O3S. The Kier molecular flexibility index (Phi) is 5.35. The van der Waals surface area contributed by atoms with Crippen LogP contribution in [-0.4, -0.2) is 31.5 Å². The highest BCUT2D eigenvalue weighted by molar-refractivity contribution is 7.99. The zero-order valence-electron chi connectivity index (χ0n) is 16.8. The summed E-state index contributed by atoms with van der Waals surface area (Å²) in [4.78, 5) is 12.5. The first-order valence-electron chi connectivity index (χ1n) is 9.89. The smallest absolute Gasteiger partial charge is 0.234 e. The molecule has 0 fully saturated rings. The number of carbonyl (C=O) groups is 1. The lowest BCUT2D eigenvalue weighted by Gasteiger charge is -2.09. The van der Waals surface area contributed by atoms with Gasteiger partial charge in [-0.3, -0.25) is 9.36 Å². The molecule has 32 heavy (non-hydrogen) atoms. The molecule has 0 unspecified atom stereocenters. The average molecular weight is 443 g/mol. The van der Waals surface area contributed by atoms with Gasteiger partial charge in [-0.15, -0.1) is 10.2 Å². The minimum Gasteiger partial charge on any atom is -0.506 e. The Labute approximate surface area is 187 Å². The molecule has 2 aromatic heterocycles. The summed E-state index contributed by atoms with van der Waals surface area (Å²) in [6, 6.07) is 26.0. The van der Waals surface area contributed by atoms with E-state index in [1.54, 1.807) is 18.2 Å². The zero-order valence-corrected chi connectivity index (χ0v) is 17.6. The van der Waals surface area contributed by atoms with Gasteiger partial charge in [0.15, 0.2) is 10.9 Å². The molecule has 158 valence electrons. The van der Waals surface area contributed by atoms with Crippen molar-refractivity contribution in [3.63, 3.8) is 0 Å². The quantitative estimate of drug-likeness (QED) is 0.280.